The highest BCUT2D eigenvalue weighted by atomic mass is 19.4. The van der Waals surface area contributed by atoms with Gasteiger partial charge in [0, 0.05) is 24.4 Å². The SMILES string of the molecule is CCOc1cc(Cn2ccnc2C(C)C)nc2nc(C(F)(F)F)nn12. The summed E-state index contributed by atoms with van der Waals surface area (Å²) in [5.41, 5.74) is 0.511. The average Bonchev–Trinajstić information content (AvgIpc) is 3.13. The largest absolute Gasteiger partial charge is 0.478 e. The van der Waals surface area contributed by atoms with Gasteiger partial charge < -0.3 is 9.30 Å². The molecule has 25 heavy (non-hydrogen) atoms. The summed E-state index contributed by atoms with van der Waals surface area (Å²) >= 11 is 0. The fourth-order valence-corrected chi connectivity index (χ4v) is 2.47. The predicted molar refractivity (Wildman–Crippen MR) is 82.4 cm³/mol. The van der Waals surface area contributed by atoms with Gasteiger partial charge in [-0.15, -0.1) is 5.10 Å². The lowest BCUT2D eigenvalue weighted by Crippen LogP contribution is -2.10. The highest BCUT2D eigenvalue weighted by Gasteiger charge is 2.37. The molecule has 0 N–H and O–H groups in total. The molecule has 0 unspecified atom stereocenters. The predicted octanol–water partition coefficient (Wildman–Crippen LogP) is 2.91. The number of aromatic nitrogens is 6. The van der Waals surface area contributed by atoms with E-state index in [2.05, 4.69) is 20.1 Å². The lowest BCUT2D eigenvalue weighted by atomic mass is 10.2. The summed E-state index contributed by atoms with van der Waals surface area (Å²) in [6.45, 7) is 6.38. The Morgan fingerprint density at radius 3 is 2.64 bits per heavy atom. The topological polar surface area (TPSA) is 70.1 Å². The molecule has 0 aliphatic heterocycles. The Kier molecular flexibility index (Phi) is 4.36. The van der Waals surface area contributed by atoms with Crippen LogP contribution in [0.25, 0.3) is 5.78 Å². The molecule has 0 saturated heterocycles. The van der Waals surface area contributed by atoms with Gasteiger partial charge in [-0.1, -0.05) is 13.8 Å². The quantitative estimate of drug-likeness (QED) is 0.705. The summed E-state index contributed by atoms with van der Waals surface area (Å²) in [6, 6.07) is 1.56. The summed E-state index contributed by atoms with van der Waals surface area (Å²) in [7, 11) is 0. The van der Waals surface area contributed by atoms with Crippen LogP contribution in [-0.2, 0) is 12.7 Å². The van der Waals surface area contributed by atoms with Gasteiger partial charge in [0.25, 0.3) is 11.6 Å². The van der Waals surface area contributed by atoms with Gasteiger partial charge in [0.15, 0.2) is 0 Å². The summed E-state index contributed by atoms with van der Waals surface area (Å²) in [4.78, 5) is 12.0. The second kappa shape index (κ2) is 6.34. The molecule has 3 aromatic rings. The monoisotopic (exact) mass is 354 g/mol. The van der Waals surface area contributed by atoms with Gasteiger partial charge in [0.05, 0.1) is 18.8 Å². The Morgan fingerprint density at radius 2 is 2.00 bits per heavy atom. The summed E-state index contributed by atoms with van der Waals surface area (Å²) < 4.78 is 46.9. The van der Waals surface area contributed by atoms with Crippen molar-refractivity contribution in [2.24, 2.45) is 0 Å². The second-order valence-corrected chi connectivity index (χ2v) is 5.73. The van der Waals surface area contributed by atoms with Crippen LogP contribution in [0.15, 0.2) is 18.5 Å². The van der Waals surface area contributed by atoms with Crippen LogP contribution in [0.2, 0.25) is 0 Å². The van der Waals surface area contributed by atoms with Crippen molar-refractivity contribution in [1.29, 1.82) is 0 Å². The number of rotatable bonds is 5. The van der Waals surface area contributed by atoms with Crippen molar-refractivity contribution >= 4 is 5.78 Å². The van der Waals surface area contributed by atoms with E-state index in [4.69, 9.17) is 4.74 Å². The van der Waals surface area contributed by atoms with Crippen LogP contribution in [0.5, 0.6) is 5.88 Å². The zero-order valence-electron chi connectivity index (χ0n) is 13.9. The van der Waals surface area contributed by atoms with Crippen molar-refractivity contribution in [3.05, 3.63) is 35.8 Å². The van der Waals surface area contributed by atoms with Crippen molar-refractivity contribution in [1.82, 2.24) is 29.1 Å². The van der Waals surface area contributed by atoms with Crippen molar-refractivity contribution in [2.45, 2.75) is 39.4 Å². The minimum Gasteiger partial charge on any atom is -0.478 e. The number of imidazole rings is 1. The maximum absolute atomic E-state index is 12.9. The van der Waals surface area contributed by atoms with E-state index in [0.717, 1.165) is 10.3 Å². The molecular weight excluding hydrogens is 337 g/mol. The maximum atomic E-state index is 12.9. The second-order valence-electron chi connectivity index (χ2n) is 5.73. The first-order chi connectivity index (χ1) is 11.8. The van der Waals surface area contributed by atoms with Crippen molar-refractivity contribution in [2.75, 3.05) is 6.61 Å². The lowest BCUT2D eigenvalue weighted by Gasteiger charge is -2.11. The van der Waals surface area contributed by atoms with Crippen molar-refractivity contribution < 1.29 is 17.9 Å². The summed E-state index contributed by atoms with van der Waals surface area (Å²) in [5.74, 6) is -0.174. The van der Waals surface area contributed by atoms with Crippen LogP contribution in [0.3, 0.4) is 0 Å². The Morgan fingerprint density at radius 1 is 1.24 bits per heavy atom. The molecule has 0 aliphatic rings. The Bertz CT molecular complexity index is 883. The number of halogens is 3. The summed E-state index contributed by atoms with van der Waals surface area (Å²) in [6.07, 6.45) is -1.17. The molecule has 0 radical (unpaired) electrons. The third-order valence-electron chi connectivity index (χ3n) is 3.47. The van der Waals surface area contributed by atoms with Crippen LogP contribution in [0.1, 0.15) is 44.0 Å². The molecule has 3 rings (SSSR count). The zero-order valence-corrected chi connectivity index (χ0v) is 13.9. The van der Waals surface area contributed by atoms with Crippen LogP contribution < -0.4 is 4.74 Å². The fourth-order valence-electron chi connectivity index (χ4n) is 2.47. The molecule has 0 aliphatic carbocycles. The van der Waals surface area contributed by atoms with E-state index in [1.165, 1.54) is 0 Å². The molecule has 3 aromatic heterocycles. The van der Waals surface area contributed by atoms with E-state index in [0.29, 0.717) is 12.2 Å². The first kappa shape index (κ1) is 17.2. The molecule has 0 fully saturated rings. The normalized spacial score (nSPS) is 12.3. The van der Waals surface area contributed by atoms with Gasteiger partial charge in [-0.2, -0.15) is 22.7 Å². The standard InChI is InChI=1S/C15H17F3N6O/c1-4-25-11-7-10(8-23-6-5-19-12(23)9(2)3)20-14-21-13(15(16,17)18)22-24(11)14/h5-7,9H,4,8H2,1-3H3. The first-order valence-corrected chi connectivity index (χ1v) is 7.77. The highest BCUT2D eigenvalue weighted by molar-refractivity contribution is 5.35. The molecule has 0 saturated carbocycles. The van der Waals surface area contributed by atoms with Crippen LogP contribution in [0.4, 0.5) is 13.2 Å². The molecule has 0 amide bonds. The van der Waals surface area contributed by atoms with Gasteiger partial charge in [-0.05, 0) is 6.92 Å². The smallest absolute Gasteiger partial charge is 0.453 e. The van der Waals surface area contributed by atoms with Gasteiger partial charge >= 0.3 is 6.18 Å². The number of nitrogens with zero attached hydrogens (tertiary/aromatic N) is 6. The molecule has 134 valence electrons. The third-order valence-corrected chi connectivity index (χ3v) is 3.47. The van der Waals surface area contributed by atoms with Crippen LogP contribution in [-0.4, -0.2) is 35.7 Å². The van der Waals surface area contributed by atoms with E-state index < -0.39 is 12.0 Å². The van der Waals surface area contributed by atoms with Gasteiger partial charge in [0.2, 0.25) is 5.88 Å². The van der Waals surface area contributed by atoms with E-state index in [-0.39, 0.29) is 24.2 Å². The number of fused-ring (bicyclic) bond motifs is 1. The number of ether oxygens (including phenoxy) is 1. The molecule has 7 nitrogen and oxygen atoms in total. The number of hydrogen-bond acceptors (Lipinski definition) is 5. The number of hydrogen-bond donors (Lipinski definition) is 0. The third kappa shape index (κ3) is 3.42. The van der Waals surface area contributed by atoms with Crippen molar-refractivity contribution in [3.8, 4) is 5.88 Å². The first-order valence-electron chi connectivity index (χ1n) is 7.77. The van der Waals surface area contributed by atoms with E-state index in [1.54, 1.807) is 25.4 Å². The maximum Gasteiger partial charge on any atom is 0.453 e. The molecule has 0 atom stereocenters. The minimum absolute atomic E-state index is 0.153. The Balaban J connectivity index is 2.05. The van der Waals surface area contributed by atoms with E-state index in [9.17, 15) is 13.2 Å². The summed E-state index contributed by atoms with van der Waals surface area (Å²) in [5, 5.41) is 3.46. The van der Waals surface area contributed by atoms with E-state index >= 15 is 0 Å². The van der Waals surface area contributed by atoms with Crippen LogP contribution >= 0.6 is 0 Å². The minimum atomic E-state index is -4.65. The average molecular weight is 354 g/mol. The van der Waals surface area contributed by atoms with Gasteiger partial charge in [-0.25, -0.2) is 9.97 Å². The Labute approximate surface area is 141 Å². The molecule has 0 aromatic carbocycles. The fraction of sp³-hybridized carbons (Fsp3) is 0.467. The molecule has 3 heterocycles. The van der Waals surface area contributed by atoms with Crippen LogP contribution in [0, 0.1) is 0 Å². The van der Waals surface area contributed by atoms with Crippen molar-refractivity contribution in [3.63, 3.8) is 0 Å². The van der Waals surface area contributed by atoms with Gasteiger partial charge in [0.1, 0.15) is 5.82 Å². The van der Waals surface area contributed by atoms with Gasteiger partial charge in [-0.3, -0.25) is 0 Å². The highest BCUT2D eigenvalue weighted by Crippen LogP contribution is 2.27. The molecule has 0 bridgehead atoms. The molecule has 0 spiro atoms. The molecule has 10 heteroatoms. The number of alkyl halides is 3. The molecular formula is C15H17F3N6O. The van der Waals surface area contributed by atoms with E-state index in [1.807, 2.05) is 18.4 Å². The lowest BCUT2D eigenvalue weighted by molar-refractivity contribution is -0.144. The zero-order chi connectivity index (χ0) is 18.2. The Hall–Kier alpha value is -2.65.